The first-order valence-electron chi connectivity index (χ1n) is 8.50. The van der Waals surface area contributed by atoms with Crippen molar-refractivity contribution < 1.29 is 18.0 Å². The fourth-order valence-electron chi connectivity index (χ4n) is 2.93. The molecule has 0 unspecified atom stereocenters. The number of hydrogen-bond acceptors (Lipinski definition) is 6. The van der Waals surface area contributed by atoms with Crippen LogP contribution in [0.1, 0.15) is 17.5 Å². The fraction of sp³-hybridized carbons (Fsp3) is 0.353. The number of aryl methyl sites for hydroxylation is 1. The minimum Gasteiger partial charge on any atom is -0.364 e. The number of benzene rings is 1. The Hall–Kier alpha value is -2.88. The molecule has 2 aliphatic rings. The Morgan fingerprint density at radius 3 is 2.70 bits per heavy atom. The third kappa shape index (κ3) is 3.80. The number of carbonyl (C=O) groups is 1. The van der Waals surface area contributed by atoms with Crippen LogP contribution in [0.4, 0.5) is 36.3 Å². The summed E-state index contributed by atoms with van der Waals surface area (Å²) in [5.74, 6) is -0.204. The Kier molecular flexibility index (Phi) is 4.34. The van der Waals surface area contributed by atoms with Gasteiger partial charge in [0.15, 0.2) is 0 Å². The van der Waals surface area contributed by atoms with Crippen LogP contribution in [0.3, 0.4) is 0 Å². The van der Waals surface area contributed by atoms with Crippen LogP contribution in [-0.4, -0.2) is 35.0 Å². The Balaban J connectivity index is 1.58. The molecule has 0 aliphatic carbocycles. The lowest BCUT2D eigenvalue weighted by molar-refractivity contribution is -0.137. The summed E-state index contributed by atoms with van der Waals surface area (Å²) in [4.78, 5) is 19.3. The van der Waals surface area contributed by atoms with Gasteiger partial charge in [-0.25, -0.2) is 4.98 Å². The minimum atomic E-state index is -4.54. The van der Waals surface area contributed by atoms with E-state index >= 15 is 0 Å². The van der Waals surface area contributed by atoms with Gasteiger partial charge in [-0.2, -0.15) is 18.2 Å². The second kappa shape index (κ2) is 6.69. The molecule has 0 saturated carbocycles. The molecule has 7 nitrogen and oxygen atoms in total. The number of fused-ring (bicyclic) bond motifs is 1. The minimum absolute atomic E-state index is 0.0320. The van der Waals surface area contributed by atoms with Crippen LogP contribution in [0.2, 0.25) is 0 Å². The molecule has 0 bridgehead atoms. The van der Waals surface area contributed by atoms with Crippen molar-refractivity contribution in [2.45, 2.75) is 25.1 Å². The maximum absolute atomic E-state index is 13.2. The average molecular weight is 378 g/mol. The summed E-state index contributed by atoms with van der Waals surface area (Å²) < 4.78 is 39.6. The second-order valence-corrected chi connectivity index (χ2v) is 6.50. The molecule has 1 fully saturated rings. The van der Waals surface area contributed by atoms with E-state index in [4.69, 9.17) is 0 Å². The number of aromatic nitrogens is 2. The molecule has 142 valence electrons. The predicted molar refractivity (Wildman–Crippen MR) is 94.0 cm³/mol. The molecule has 10 heteroatoms. The van der Waals surface area contributed by atoms with Crippen molar-refractivity contribution in [3.63, 3.8) is 0 Å². The zero-order chi connectivity index (χ0) is 19.0. The first kappa shape index (κ1) is 17.5. The monoisotopic (exact) mass is 378 g/mol. The second-order valence-electron chi connectivity index (χ2n) is 6.50. The van der Waals surface area contributed by atoms with Crippen LogP contribution in [0.25, 0.3) is 0 Å². The van der Waals surface area contributed by atoms with E-state index < -0.39 is 11.7 Å². The highest BCUT2D eigenvalue weighted by Crippen LogP contribution is 2.35. The maximum Gasteiger partial charge on any atom is 0.421 e. The highest BCUT2D eigenvalue weighted by molar-refractivity contribution is 5.94. The lowest BCUT2D eigenvalue weighted by Crippen LogP contribution is -2.51. The summed E-state index contributed by atoms with van der Waals surface area (Å²) in [6.07, 6.45) is -2.76. The number of anilines is 4. The number of rotatable bonds is 4. The molecule has 1 aromatic carbocycles. The molecule has 4 N–H and O–H groups in total. The predicted octanol–water partition coefficient (Wildman–Crippen LogP) is 2.51. The van der Waals surface area contributed by atoms with Crippen LogP contribution in [0.15, 0.2) is 24.4 Å². The summed E-state index contributed by atoms with van der Waals surface area (Å²) in [6, 6.07) is 5.20. The van der Waals surface area contributed by atoms with Gasteiger partial charge >= 0.3 is 6.18 Å². The van der Waals surface area contributed by atoms with E-state index in [1.54, 1.807) is 12.1 Å². The number of amides is 1. The van der Waals surface area contributed by atoms with E-state index in [0.29, 0.717) is 31.6 Å². The average Bonchev–Trinajstić information content (AvgIpc) is 2.57. The Labute approximate surface area is 152 Å². The van der Waals surface area contributed by atoms with Crippen molar-refractivity contribution in [3.05, 3.63) is 35.5 Å². The summed E-state index contributed by atoms with van der Waals surface area (Å²) >= 11 is 0. The summed E-state index contributed by atoms with van der Waals surface area (Å²) in [5, 5.41) is 11.5. The third-order valence-electron chi connectivity index (χ3n) is 4.47. The van der Waals surface area contributed by atoms with E-state index in [-0.39, 0.29) is 23.7 Å². The summed E-state index contributed by atoms with van der Waals surface area (Å²) in [6.45, 7) is 1.17. The van der Waals surface area contributed by atoms with Crippen molar-refractivity contribution in [1.82, 2.24) is 15.3 Å². The lowest BCUT2D eigenvalue weighted by atomic mass is 10.0. The molecular weight excluding hydrogens is 361 g/mol. The summed E-state index contributed by atoms with van der Waals surface area (Å²) in [5.41, 5.74) is 1.43. The van der Waals surface area contributed by atoms with Crippen LogP contribution < -0.4 is 21.3 Å². The molecule has 4 rings (SSSR count). The van der Waals surface area contributed by atoms with E-state index in [1.807, 2.05) is 6.07 Å². The maximum atomic E-state index is 13.2. The SMILES string of the molecule is O=C1CCc2cc(Nc3ncc(C(F)(F)F)c(NC4CNC4)n3)ccc2N1. The van der Waals surface area contributed by atoms with E-state index in [2.05, 4.69) is 31.2 Å². The Morgan fingerprint density at radius 1 is 1.19 bits per heavy atom. The standard InChI is InChI=1S/C17H17F3N6O/c18-17(19,20)12-8-22-16(26-15(12)23-11-6-21-7-11)24-10-2-3-13-9(5-10)1-4-14(27)25-13/h2-3,5,8,11,21H,1,4,6-7H2,(H,25,27)(H2,22,23,24,26). The first-order chi connectivity index (χ1) is 12.9. The van der Waals surface area contributed by atoms with Crippen LogP contribution >= 0.6 is 0 Å². The highest BCUT2D eigenvalue weighted by atomic mass is 19.4. The molecule has 1 aromatic heterocycles. The topological polar surface area (TPSA) is 91.0 Å². The largest absolute Gasteiger partial charge is 0.421 e. The number of halogens is 3. The number of hydrogen-bond donors (Lipinski definition) is 4. The van der Waals surface area contributed by atoms with Crippen LogP contribution in [0, 0.1) is 0 Å². The number of nitrogens with one attached hydrogen (secondary N) is 4. The fourth-order valence-corrected chi connectivity index (χ4v) is 2.93. The normalized spacial score (nSPS) is 16.9. The van der Waals surface area contributed by atoms with Crippen molar-refractivity contribution in [3.8, 4) is 0 Å². The van der Waals surface area contributed by atoms with Gasteiger partial charge in [0.05, 0.1) is 6.04 Å². The molecule has 0 atom stereocenters. The van der Waals surface area contributed by atoms with Crippen molar-refractivity contribution >= 4 is 29.0 Å². The number of carbonyl (C=O) groups excluding carboxylic acids is 1. The van der Waals surface area contributed by atoms with Crippen LogP contribution in [0.5, 0.6) is 0 Å². The molecule has 1 saturated heterocycles. The smallest absolute Gasteiger partial charge is 0.364 e. The van der Waals surface area contributed by atoms with Gasteiger partial charge in [-0.3, -0.25) is 4.79 Å². The van der Waals surface area contributed by atoms with Gasteiger partial charge in [-0.15, -0.1) is 0 Å². The van der Waals surface area contributed by atoms with Gasteiger partial charge in [0, 0.05) is 37.1 Å². The molecule has 0 radical (unpaired) electrons. The van der Waals surface area contributed by atoms with Crippen molar-refractivity contribution in [2.24, 2.45) is 0 Å². The van der Waals surface area contributed by atoms with Gasteiger partial charge in [-0.05, 0) is 30.2 Å². The van der Waals surface area contributed by atoms with Gasteiger partial charge in [0.25, 0.3) is 0 Å². The molecule has 2 aliphatic heterocycles. The molecule has 0 spiro atoms. The highest BCUT2D eigenvalue weighted by Gasteiger charge is 2.36. The first-order valence-corrected chi connectivity index (χ1v) is 8.50. The van der Waals surface area contributed by atoms with Crippen molar-refractivity contribution in [1.29, 1.82) is 0 Å². The molecule has 1 amide bonds. The quantitative estimate of drug-likeness (QED) is 0.654. The number of nitrogens with zero attached hydrogens (tertiary/aromatic N) is 2. The van der Waals surface area contributed by atoms with E-state index in [9.17, 15) is 18.0 Å². The zero-order valence-electron chi connectivity index (χ0n) is 14.2. The Morgan fingerprint density at radius 2 is 2.00 bits per heavy atom. The molecule has 3 heterocycles. The van der Waals surface area contributed by atoms with Gasteiger partial charge < -0.3 is 21.3 Å². The third-order valence-corrected chi connectivity index (χ3v) is 4.47. The lowest BCUT2D eigenvalue weighted by Gasteiger charge is -2.29. The molecule has 2 aromatic rings. The van der Waals surface area contributed by atoms with Gasteiger partial charge in [0.1, 0.15) is 11.4 Å². The zero-order valence-corrected chi connectivity index (χ0v) is 14.2. The summed E-state index contributed by atoms with van der Waals surface area (Å²) in [7, 11) is 0. The molecular formula is C17H17F3N6O. The van der Waals surface area contributed by atoms with E-state index in [0.717, 1.165) is 17.4 Å². The van der Waals surface area contributed by atoms with Crippen LogP contribution in [-0.2, 0) is 17.4 Å². The van der Waals surface area contributed by atoms with Gasteiger partial charge in [-0.1, -0.05) is 0 Å². The molecule has 27 heavy (non-hydrogen) atoms. The Bertz CT molecular complexity index is 881. The van der Waals surface area contributed by atoms with Crippen molar-refractivity contribution in [2.75, 3.05) is 29.0 Å². The number of alkyl halides is 3. The van der Waals surface area contributed by atoms with E-state index in [1.165, 1.54) is 0 Å². The van der Waals surface area contributed by atoms with Gasteiger partial charge in [0.2, 0.25) is 11.9 Å².